The Bertz CT molecular complexity index is 28.6. The lowest BCUT2D eigenvalue weighted by atomic mass is 11.2. The molecule has 0 aliphatic heterocycles. The zero-order valence-electron chi connectivity index (χ0n) is 2.82. The third kappa shape index (κ3) is 119. The molecule has 0 aromatic heterocycles. The fraction of sp³-hybridized carbons (Fsp3) is 0. The first-order valence-corrected chi connectivity index (χ1v) is 0.604. The number of hydrogen-bond acceptors (Lipinski definition) is 2. The summed E-state index contributed by atoms with van der Waals surface area (Å²) < 4.78 is 0. The molecule has 0 aliphatic carbocycles. The van der Waals surface area contributed by atoms with Gasteiger partial charge < -0.3 is 6.15 Å². The van der Waals surface area contributed by atoms with Gasteiger partial charge in [-0.3, -0.25) is 5.41 Å². The molecule has 5 heavy (non-hydrogen) atoms. The standard InChI is InChI=1S/C2H3N.ClH.H3N/c1-2-3;;/h3H,1H2;1H;1H3. The second-order valence-corrected chi connectivity index (χ2v) is 0.177. The molecule has 0 atom stereocenters. The Kier molecular flexibility index (Phi) is 245. The Balaban J connectivity index is -0.0000000200. The Morgan fingerprint density at radius 2 is 1.60 bits per heavy atom. The van der Waals surface area contributed by atoms with Gasteiger partial charge in [0.05, 0.1) is 0 Å². The normalized spacial score (nSPS) is 1.60. The van der Waals surface area contributed by atoms with Gasteiger partial charge in [0.2, 0.25) is 0 Å². The van der Waals surface area contributed by atoms with E-state index in [0.29, 0.717) is 0 Å². The summed E-state index contributed by atoms with van der Waals surface area (Å²) in [4.78, 5) is 0. The molecule has 0 aromatic carbocycles. The van der Waals surface area contributed by atoms with Crippen LogP contribution in [-0.2, 0) is 0 Å². The third-order valence-corrected chi connectivity index (χ3v) is 0. The van der Waals surface area contributed by atoms with E-state index in [1.807, 2.05) is 0 Å². The predicted molar refractivity (Wildman–Crippen MR) is 25.6 cm³/mol. The number of halogens is 1. The van der Waals surface area contributed by atoms with Crippen LogP contribution in [0.15, 0.2) is 6.58 Å². The Morgan fingerprint density at radius 3 is 1.60 bits per heavy atom. The van der Waals surface area contributed by atoms with E-state index in [2.05, 4.69) is 6.58 Å². The molecular weight excluding hydrogens is 87.5 g/mol. The van der Waals surface area contributed by atoms with Crippen LogP contribution in [-0.4, -0.2) is 5.87 Å². The van der Waals surface area contributed by atoms with E-state index >= 15 is 0 Å². The second-order valence-electron chi connectivity index (χ2n) is 0.177. The van der Waals surface area contributed by atoms with Crippen LogP contribution in [0.5, 0.6) is 0 Å². The summed E-state index contributed by atoms with van der Waals surface area (Å²) in [6.45, 7) is 2.90. The third-order valence-electron chi connectivity index (χ3n) is 0. The molecule has 0 aliphatic rings. The van der Waals surface area contributed by atoms with Crippen molar-refractivity contribution in [3.8, 4) is 0 Å². The van der Waals surface area contributed by atoms with Crippen molar-refractivity contribution in [1.82, 2.24) is 6.15 Å². The Morgan fingerprint density at radius 1 is 1.60 bits per heavy atom. The van der Waals surface area contributed by atoms with E-state index in [-0.39, 0.29) is 18.6 Å². The highest BCUT2D eigenvalue weighted by atomic mass is 35.5. The molecule has 32 valence electrons. The molecule has 4 N–H and O–H groups in total. The van der Waals surface area contributed by atoms with Crippen molar-refractivity contribution in [3.05, 3.63) is 6.58 Å². The van der Waals surface area contributed by atoms with Gasteiger partial charge in [0.25, 0.3) is 0 Å². The smallest absolute Gasteiger partial charge is 0.0306 e. The average Bonchev–Trinajstić information content (AvgIpc) is 0.918. The van der Waals surface area contributed by atoms with Gasteiger partial charge in [0.1, 0.15) is 0 Å². The minimum Gasteiger partial charge on any atom is -0.344 e. The molecule has 2 nitrogen and oxygen atoms in total. The van der Waals surface area contributed by atoms with Crippen LogP contribution >= 0.6 is 12.4 Å². The SMILES string of the molecule is C=C=N.Cl.N. The van der Waals surface area contributed by atoms with Crippen LogP contribution in [0.4, 0.5) is 0 Å². The largest absolute Gasteiger partial charge is 0.344 e. The van der Waals surface area contributed by atoms with Crippen LogP contribution in [0, 0.1) is 5.41 Å². The van der Waals surface area contributed by atoms with Crippen molar-refractivity contribution >= 4 is 18.3 Å². The topological polar surface area (TPSA) is 58.9 Å². The monoisotopic (exact) mass is 94.0 g/mol. The van der Waals surface area contributed by atoms with Crippen LogP contribution in [0.3, 0.4) is 0 Å². The molecule has 0 bridgehead atoms. The lowest BCUT2D eigenvalue weighted by Gasteiger charge is -1.10. The number of nitrogens with one attached hydrogen (secondary N) is 1. The van der Waals surface area contributed by atoms with E-state index in [1.165, 1.54) is 0 Å². The second kappa shape index (κ2) is 55.0. The van der Waals surface area contributed by atoms with E-state index in [1.54, 1.807) is 5.87 Å². The van der Waals surface area contributed by atoms with E-state index in [4.69, 9.17) is 5.41 Å². The molecule has 0 radical (unpaired) electrons. The first kappa shape index (κ1) is 22.3. The lowest BCUT2D eigenvalue weighted by Crippen LogP contribution is -1.10. The first-order valence-electron chi connectivity index (χ1n) is 0.604. The summed E-state index contributed by atoms with van der Waals surface area (Å²) in [5, 5.41) is 5.85. The molecule has 0 unspecified atom stereocenters. The predicted octanol–water partition coefficient (Wildman–Crippen LogP) is 1.00. The first-order chi connectivity index (χ1) is 1.41. The van der Waals surface area contributed by atoms with Crippen LogP contribution in [0.25, 0.3) is 0 Å². The van der Waals surface area contributed by atoms with Crippen LogP contribution in [0.2, 0.25) is 0 Å². The number of rotatable bonds is 0. The summed E-state index contributed by atoms with van der Waals surface area (Å²) >= 11 is 0. The molecule has 0 saturated carbocycles. The van der Waals surface area contributed by atoms with Crippen molar-refractivity contribution in [1.29, 1.82) is 5.41 Å². The highest BCUT2D eigenvalue weighted by molar-refractivity contribution is 5.85. The van der Waals surface area contributed by atoms with Gasteiger partial charge >= 0.3 is 0 Å². The highest BCUT2D eigenvalue weighted by Crippen LogP contribution is 0.942. The van der Waals surface area contributed by atoms with Crippen molar-refractivity contribution in [2.24, 2.45) is 0 Å². The maximum Gasteiger partial charge on any atom is -0.0306 e. The summed E-state index contributed by atoms with van der Waals surface area (Å²) in [6.07, 6.45) is 0. The molecule has 0 aromatic rings. The highest BCUT2D eigenvalue weighted by Gasteiger charge is 0.918. The van der Waals surface area contributed by atoms with Gasteiger partial charge in [0.15, 0.2) is 0 Å². The van der Waals surface area contributed by atoms with Crippen LogP contribution < -0.4 is 6.15 Å². The summed E-state index contributed by atoms with van der Waals surface area (Å²) in [5.41, 5.74) is 0. The van der Waals surface area contributed by atoms with Gasteiger partial charge in [0, 0.05) is 0 Å². The van der Waals surface area contributed by atoms with Gasteiger partial charge in [-0.05, 0) is 12.4 Å². The molecule has 0 fully saturated rings. The fourth-order valence-corrected chi connectivity index (χ4v) is 0. The maximum atomic E-state index is 5.85. The lowest BCUT2D eigenvalue weighted by molar-refractivity contribution is 1.60. The van der Waals surface area contributed by atoms with Crippen molar-refractivity contribution in [2.75, 3.05) is 0 Å². The quantitative estimate of drug-likeness (QED) is 0.433. The molecule has 0 amide bonds. The zero-order valence-corrected chi connectivity index (χ0v) is 3.64. The molecule has 0 heterocycles. The van der Waals surface area contributed by atoms with Gasteiger partial charge in [-0.2, -0.15) is 0 Å². The van der Waals surface area contributed by atoms with Crippen molar-refractivity contribution < 1.29 is 0 Å². The van der Waals surface area contributed by atoms with Crippen molar-refractivity contribution in [3.63, 3.8) is 0 Å². The van der Waals surface area contributed by atoms with E-state index in [9.17, 15) is 0 Å². The van der Waals surface area contributed by atoms with Gasteiger partial charge in [-0.15, -0.1) is 12.4 Å². The summed E-state index contributed by atoms with van der Waals surface area (Å²) in [6, 6.07) is 0. The molecule has 0 spiro atoms. The Hall–Kier alpha value is -0.300. The fourth-order valence-electron chi connectivity index (χ4n) is 0. The maximum absolute atomic E-state index is 5.85. The zero-order chi connectivity index (χ0) is 2.71. The molecule has 0 rings (SSSR count). The van der Waals surface area contributed by atoms with E-state index in [0.717, 1.165) is 0 Å². The summed E-state index contributed by atoms with van der Waals surface area (Å²) in [5.74, 6) is 1.75. The number of hydrogen-bond donors (Lipinski definition) is 2. The van der Waals surface area contributed by atoms with Crippen LogP contribution in [0.1, 0.15) is 0 Å². The van der Waals surface area contributed by atoms with Gasteiger partial charge in [-0.25, -0.2) is 0 Å². The summed E-state index contributed by atoms with van der Waals surface area (Å²) in [7, 11) is 0. The molecule has 3 heteroatoms. The molecular formula is C2H7ClN2. The minimum atomic E-state index is 0. The molecule has 0 saturated heterocycles. The van der Waals surface area contributed by atoms with Crippen molar-refractivity contribution in [2.45, 2.75) is 0 Å². The van der Waals surface area contributed by atoms with Gasteiger partial charge in [-0.1, -0.05) is 0 Å². The average molecular weight is 94.5 g/mol. The van der Waals surface area contributed by atoms with E-state index < -0.39 is 0 Å². The minimum absolute atomic E-state index is 0. The Labute approximate surface area is 37.4 Å².